The van der Waals surface area contributed by atoms with Gasteiger partial charge in [-0.2, -0.15) is 22.3 Å². The molecule has 2 atom stereocenters. The molecular formula is C18H18Cl2S2Zr. The predicted octanol–water partition coefficient (Wildman–Crippen LogP) is -0.604. The van der Waals surface area contributed by atoms with E-state index in [0.717, 1.165) is 0 Å². The standard InChI is InChI=1S/2C9H9S.2ClH.Zr/c2*1-6-5-9-8(7(6)2)3-4-10-9;;;/h2*4-5,9H,1-2H3;2*1H;/q2*-1;;;+4/p-2. The van der Waals surface area contributed by atoms with Gasteiger partial charge in [-0.1, -0.05) is 26.0 Å². The maximum atomic E-state index is 3.26. The zero-order valence-electron chi connectivity index (χ0n) is 13.5. The molecule has 2 aliphatic carbocycles. The van der Waals surface area contributed by atoms with E-state index in [4.69, 9.17) is 0 Å². The molecule has 4 aliphatic rings. The van der Waals surface area contributed by atoms with Crippen molar-refractivity contribution >= 4 is 23.5 Å². The Hall–Kier alpha value is 0.603. The van der Waals surface area contributed by atoms with Crippen LogP contribution in [0.5, 0.6) is 0 Å². The van der Waals surface area contributed by atoms with Crippen molar-refractivity contribution in [3.63, 3.8) is 0 Å². The Morgan fingerprint density at radius 3 is 1.39 bits per heavy atom. The van der Waals surface area contributed by atoms with E-state index in [-0.39, 0.29) is 51.0 Å². The van der Waals surface area contributed by atoms with E-state index in [9.17, 15) is 0 Å². The van der Waals surface area contributed by atoms with Gasteiger partial charge in [-0.3, -0.25) is 0 Å². The van der Waals surface area contributed by atoms with Crippen molar-refractivity contribution in [2.75, 3.05) is 0 Å². The Bertz CT molecular complexity index is 583. The predicted molar refractivity (Wildman–Crippen MR) is 91.3 cm³/mol. The summed E-state index contributed by atoms with van der Waals surface area (Å²) in [6.45, 7) is 8.69. The van der Waals surface area contributed by atoms with Crippen molar-refractivity contribution in [3.05, 3.63) is 68.6 Å². The molecular weight excluding hydrogens is 442 g/mol. The van der Waals surface area contributed by atoms with Crippen molar-refractivity contribution < 1.29 is 51.0 Å². The van der Waals surface area contributed by atoms with Crippen LogP contribution in [0.3, 0.4) is 0 Å². The van der Waals surface area contributed by atoms with Crippen LogP contribution >= 0.6 is 23.5 Å². The number of thioether (sulfide) groups is 2. The Kier molecular flexibility index (Phi) is 10.2. The molecule has 0 bridgehead atoms. The molecule has 4 rings (SSSR count). The maximum Gasteiger partial charge on any atom is 4.00 e. The van der Waals surface area contributed by atoms with Gasteiger partial charge in [-0.05, 0) is 0 Å². The topological polar surface area (TPSA) is 0 Å². The van der Waals surface area contributed by atoms with Gasteiger partial charge in [-0.15, -0.1) is 59.3 Å². The molecule has 23 heavy (non-hydrogen) atoms. The Morgan fingerprint density at radius 1 is 0.739 bits per heavy atom. The minimum absolute atomic E-state index is 0. The van der Waals surface area contributed by atoms with Gasteiger partial charge in [0, 0.05) is 10.5 Å². The molecule has 0 fully saturated rings. The molecule has 0 nitrogen and oxygen atoms in total. The van der Waals surface area contributed by atoms with Gasteiger partial charge in [0.15, 0.2) is 0 Å². The number of allylic oxidation sites excluding steroid dienone is 6. The SMILES string of the molecule is CC1=CC2SC=[C-]C2=C1C.CC1=CC2SC=[C-]C2=C1C.[Cl-].[Cl-].[Zr+4]. The van der Waals surface area contributed by atoms with Gasteiger partial charge >= 0.3 is 26.2 Å². The smallest absolute Gasteiger partial charge is 1.00 e. The largest absolute Gasteiger partial charge is 4.00 e. The van der Waals surface area contributed by atoms with Crippen LogP contribution in [0.25, 0.3) is 0 Å². The first-order chi connectivity index (χ1) is 9.58. The van der Waals surface area contributed by atoms with Gasteiger partial charge in [0.1, 0.15) is 0 Å². The van der Waals surface area contributed by atoms with E-state index >= 15 is 0 Å². The normalized spacial score (nSPS) is 25.6. The number of fused-ring (bicyclic) bond motifs is 2. The Morgan fingerprint density at radius 2 is 1.09 bits per heavy atom. The van der Waals surface area contributed by atoms with Gasteiger partial charge in [-0.25, -0.2) is 12.2 Å². The first kappa shape index (κ1) is 23.6. The van der Waals surface area contributed by atoms with E-state index in [1.807, 2.05) is 23.5 Å². The second kappa shape index (κ2) is 9.92. The Labute approximate surface area is 180 Å². The summed E-state index contributed by atoms with van der Waals surface area (Å²) in [5.74, 6) is 0. The molecule has 5 heteroatoms. The van der Waals surface area contributed by atoms with E-state index in [1.54, 1.807) is 0 Å². The van der Waals surface area contributed by atoms with Crippen molar-refractivity contribution in [1.82, 2.24) is 0 Å². The summed E-state index contributed by atoms with van der Waals surface area (Å²) in [7, 11) is 0. The van der Waals surface area contributed by atoms with Gasteiger partial charge in [0.25, 0.3) is 0 Å². The summed E-state index contributed by atoms with van der Waals surface area (Å²) < 4.78 is 0. The molecule has 0 aromatic rings. The van der Waals surface area contributed by atoms with Crippen LogP contribution in [0.4, 0.5) is 0 Å². The molecule has 0 amide bonds. The number of hydrogen-bond acceptors (Lipinski definition) is 2. The summed E-state index contributed by atoms with van der Waals surface area (Å²) in [6.07, 6.45) is 11.2. The second-order valence-corrected chi connectivity index (χ2v) is 7.45. The fraction of sp³-hybridized carbons (Fsp3) is 0.333. The summed E-state index contributed by atoms with van der Waals surface area (Å²) >= 11 is 3.70. The number of rotatable bonds is 0. The average molecular weight is 461 g/mol. The van der Waals surface area contributed by atoms with Crippen LogP contribution < -0.4 is 24.8 Å². The molecule has 2 unspecified atom stereocenters. The van der Waals surface area contributed by atoms with E-state index in [1.165, 1.54) is 33.4 Å². The maximum absolute atomic E-state index is 3.26. The molecule has 0 aromatic carbocycles. The first-order valence-corrected chi connectivity index (χ1v) is 8.73. The van der Waals surface area contributed by atoms with Crippen molar-refractivity contribution in [2.24, 2.45) is 0 Å². The fourth-order valence-corrected chi connectivity index (χ4v) is 4.67. The molecule has 0 saturated carbocycles. The molecule has 0 aromatic heterocycles. The molecule has 120 valence electrons. The molecule has 2 heterocycles. The monoisotopic (exact) mass is 458 g/mol. The number of hydrogen-bond donors (Lipinski definition) is 0. The zero-order chi connectivity index (χ0) is 14.3. The molecule has 0 saturated heterocycles. The Balaban J connectivity index is 0.000000372. The summed E-state index contributed by atoms with van der Waals surface area (Å²) in [4.78, 5) is 0. The van der Waals surface area contributed by atoms with E-state index in [0.29, 0.717) is 10.5 Å². The fourth-order valence-electron chi connectivity index (χ4n) is 2.66. The zero-order valence-corrected chi connectivity index (χ0v) is 19.1. The van der Waals surface area contributed by atoms with Crippen LogP contribution in [0.2, 0.25) is 0 Å². The quantitative estimate of drug-likeness (QED) is 0.443. The third kappa shape index (κ3) is 4.82. The van der Waals surface area contributed by atoms with Crippen LogP contribution in [-0.2, 0) is 26.2 Å². The summed E-state index contributed by atoms with van der Waals surface area (Å²) in [5, 5.41) is 5.32. The molecule has 0 radical (unpaired) electrons. The van der Waals surface area contributed by atoms with Gasteiger partial charge < -0.3 is 24.8 Å². The van der Waals surface area contributed by atoms with Crippen molar-refractivity contribution in [3.8, 4) is 0 Å². The van der Waals surface area contributed by atoms with Crippen molar-refractivity contribution in [1.29, 1.82) is 0 Å². The summed E-state index contributed by atoms with van der Waals surface area (Å²) in [6, 6.07) is 0. The summed E-state index contributed by atoms with van der Waals surface area (Å²) in [5.41, 5.74) is 8.48. The minimum atomic E-state index is 0. The van der Waals surface area contributed by atoms with Crippen LogP contribution in [0.1, 0.15) is 27.7 Å². The van der Waals surface area contributed by atoms with Gasteiger partial charge in [0.05, 0.1) is 0 Å². The van der Waals surface area contributed by atoms with Crippen LogP contribution in [0, 0.1) is 12.2 Å². The van der Waals surface area contributed by atoms with Crippen LogP contribution in [-0.4, -0.2) is 10.5 Å². The van der Waals surface area contributed by atoms with E-state index < -0.39 is 0 Å². The number of halogens is 2. The minimum Gasteiger partial charge on any atom is -1.00 e. The van der Waals surface area contributed by atoms with Crippen molar-refractivity contribution in [2.45, 2.75) is 38.2 Å². The first-order valence-electron chi connectivity index (χ1n) is 6.84. The van der Waals surface area contributed by atoms with Gasteiger partial charge in [0.2, 0.25) is 0 Å². The third-order valence-corrected chi connectivity index (χ3v) is 6.06. The van der Waals surface area contributed by atoms with E-state index in [2.05, 4.69) is 62.8 Å². The molecule has 0 spiro atoms. The average Bonchev–Trinajstić information content (AvgIpc) is 3.13. The molecule has 2 aliphatic heterocycles. The van der Waals surface area contributed by atoms with Crippen LogP contribution in [0.15, 0.2) is 56.4 Å². The molecule has 0 N–H and O–H groups in total. The third-order valence-electron chi connectivity index (χ3n) is 4.22. The second-order valence-electron chi connectivity index (χ2n) is 5.41.